The average Bonchev–Trinajstić information content (AvgIpc) is 2.44. The molecule has 24 heavy (non-hydrogen) atoms. The number of methoxy groups -OCH3 is 1. The second-order valence-corrected chi connectivity index (χ2v) is 7.54. The van der Waals surface area contributed by atoms with Gasteiger partial charge in [-0.3, -0.25) is 4.79 Å². The molecule has 1 unspecified atom stereocenters. The van der Waals surface area contributed by atoms with E-state index in [0.717, 1.165) is 0 Å². The number of anilines is 1. The normalized spacial score (nSPS) is 13.5. The Labute approximate surface area is 142 Å². The second-order valence-electron chi connectivity index (χ2n) is 4.78. The van der Waals surface area contributed by atoms with Gasteiger partial charge in [0.25, 0.3) is 0 Å². The first-order chi connectivity index (χ1) is 11.0. The predicted octanol–water partition coefficient (Wildman–Crippen LogP) is 2.19. The highest BCUT2D eigenvalue weighted by Crippen LogP contribution is 2.29. The van der Waals surface area contributed by atoms with E-state index in [1.54, 1.807) is 6.92 Å². The van der Waals surface area contributed by atoms with Gasteiger partial charge in [0.05, 0.1) is 17.3 Å². The van der Waals surface area contributed by atoms with Gasteiger partial charge < -0.3 is 10.1 Å². The van der Waals surface area contributed by atoms with Crippen LogP contribution in [0.25, 0.3) is 0 Å². The molecule has 0 aliphatic heterocycles. The van der Waals surface area contributed by atoms with Crippen LogP contribution in [0, 0.1) is 0 Å². The van der Waals surface area contributed by atoms with Crippen LogP contribution in [0.4, 0.5) is 18.9 Å². The second kappa shape index (κ2) is 8.70. The Morgan fingerprint density at radius 2 is 1.88 bits per heavy atom. The van der Waals surface area contributed by atoms with Gasteiger partial charge >= 0.3 is 5.51 Å². The van der Waals surface area contributed by atoms with E-state index in [2.05, 4.69) is 10.0 Å². The summed E-state index contributed by atoms with van der Waals surface area (Å²) in [6, 6.07) is 4.65. The summed E-state index contributed by atoms with van der Waals surface area (Å²) in [5.41, 5.74) is -4.29. The van der Waals surface area contributed by atoms with Crippen molar-refractivity contribution in [1.29, 1.82) is 0 Å². The highest BCUT2D eigenvalue weighted by Gasteiger charge is 2.29. The summed E-state index contributed by atoms with van der Waals surface area (Å²) in [5.74, 6) is -1.61. The number of benzene rings is 1. The van der Waals surface area contributed by atoms with Crippen molar-refractivity contribution in [2.75, 3.05) is 24.8 Å². The Hall–Kier alpha value is -1.30. The molecule has 0 saturated heterocycles. The SMILES string of the molecule is COCC(C)NS(=O)(=O)c1ccc(NC(=O)CSC(F)(F)F)cc1. The lowest BCUT2D eigenvalue weighted by Gasteiger charge is -2.13. The number of hydrogen-bond acceptors (Lipinski definition) is 5. The number of rotatable bonds is 8. The number of hydrogen-bond donors (Lipinski definition) is 2. The number of carbonyl (C=O) groups is 1. The number of ether oxygens (including phenoxy) is 1. The van der Waals surface area contributed by atoms with E-state index in [1.165, 1.54) is 31.4 Å². The zero-order valence-corrected chi connectivity index (χ0v) is 14.5. The first-order valence-corrected chi connectivity index (χ1v) is 9.12. The lowest BCUT2D eigenvalue weighted by Crippen LogP contribution is -2.35. The third-order valence-corrected chi connectivity index (χ3v) is 4.93. The predicted molar refractivity (Wildman–Crippen MR) is 85.2 cm³/mol. The van der Waals surface area contributed by atoms with Gasteiger partial charge in [-0.15, -0.1) is 0 Å². The lowest BCUT2D eigenvalue weighted by molar-refractivity contribution is -0.114. The number of sulfonamides is 1. The van der Waals surface area contributed by atoms with Crippen LogP contribution >= 0.6 is 11.8 Å². The van der Waals surface area contributed by atoms with Crippen LogP contribution in [0.5, 0.6) is 0 Å². The molecule has 11 heteroatoms. The van der Waals surface area contributed by atoms with Crippen LogP contribution < -0.4 is 10.0 Å². The van der Waals surface area contributed by atoms with Crippen LogP contribution in [-0.2, 0) is 19.6 Å². The van der Waals surface area contributed by atoms with Gasteiger partial charge in [-0.1, -0.05) is 0 Å². The van der Waals surface area contributed by atoms with Crippen LogP contribution in [0.2, 0.25) is 0 Å². The minimum Gasteiger partial charge on any atom is -0.383 e. The summed E-state index contributed by atoms with van der Waals surface area (Å²) in [7, 11) is -2.31. The lowest BCUT2D eigenvalue weighted by atomic mass is 10.3. The van der Waals surface area contributed by atoms with E-state index in [4.69, 9.17) is 4.74 Å². The number of amides is 1. The molecule has 0 fully saturated rings. The molecule has 0 aliphatic carbocycles. The van der Waals surface area contributed by atoms with E-state index in [9.17, 15) is 26.4 Å². The maximum atomic E-state index is 12.1. The summed E-state index contributed by atoms with van der Waals surface area (Å²) in [6.07, 6.45) is 0. The molecule has 1 rings (SSSR count). The van der Waals surface area contributed by atoms with Gasteiger partial charge in [0.1, 0.15) is 0 Å². The Balaban J connectivity index is 2.67. The van der Waals surface area contributed by atoms with E-state index < -0.39 is 45.0 Å². The topological polar surface area (TPSA) is 84.5 Å². The Kier molecular flexibility index (Phi) is 7.52. The molecular weight excluding hydrogens is 369 g/mol. The van der Waals surface area contributed by atoms with Crippen LogP contribution in [-0.4, -0.2) is 45.3 Å². The van der Waals surface area contributed by atoms with Gasteiger partial charge in [-0.2, -0.15) is 13.2 Å². The largest absolute Gasteiger partial charge is 0.442 e. The highest BCUT2D eigenvalue weighted by molar-refractivity contribution is 8.00. The van der Waals surface area contributed by atoms with Crippen LogP contribution in [0.15, 0.2) is 29.2 Å². The van der Waals surface area contributed by atoms with Crippen molar-refractivity contribution in [1.82, 2.24) is 4.72 Å². The molecule has 0 saturated carbocycles. The summed E-state index contributed by atoms with van der Waals surface area (Å²) in [5, 5.41) is 2.26. The fourth-order valence-electron chi connectivity index (χ4n) is 1.68. The molecular formula is C13H17F3N2O4S2. The highest BCUT2D eigenvalue weighted by atomic mass is 32.2. The molecule has 1 atom stereocenters. The average molecular weight is 386 g/mol. The monoisotopic (exact) mass is 386 g/mol. The van der Waals surface area contributed by atoms with Gasteiger partial charge in [-0.05, 0) is 43.0 Å². The zero-order valence-electron chi connectivity index (χ0n) is 12.9. The fraction of sp³-hybridized carbons (Fsp3) is 0.462. The smallest absolute Gasteiger partial charge is 0.383 e. The molecule has 0 spiro atoms. The number of alkyl halides is 3. The summed E-state index contributed by atoms with van der Waals surface area (Å²) >= 11 is -0.450. The zero-order chi connectivity index (χ0) is 18.4. The molecule has 0 heterocycles. The van der Waals surface area contributed by atoms with Gasteiger partial charge in [0.15, 0.2) is 0 Å². The van der Waals surface area contributed by atoms with E-state index >= 15 is 0 Å². The molecule has 2 N–H and O–H groups in total. The maximum absolute atomic E-state index is 12.1. The van der Waals surface area contributed by atoms with E-state index in [0.29, 0.717) is 0 Å². The Morgan fingerprint density at radius 1 is 1.29 bits per heavy atom. The van der Waals surface area contributed by atoms with Crippen molar-refractivity contribution >= 4 is 33.4 Å². The number of nitrogens with one attached hydrogen (secondary N) is 2. The Morgan fingerprint density at radius 3 is 2.38 bits per heavy atom. The van der Waals surface area contributed by atoms with Crippen molar-refractivity contribution in [2.24, 2.45) is 0 Å². The van der Waals surface area contributed by atoms with Gasteiger partial charge in [0.2, 0.25) is 15.9 Å². The standard InChI is InChI=1S/C13H17F3N2O4S2/c1-9(7-22-2)18-24(20,21)11-5-3-10(4-6-11)17-12(19)8-23-13(14,15)16/h3-6,9,18H,7-8H2,1-2H3,(H,17,19). The summed E-state index contributed by atoms with van der Waals surface area (Å²) in [6.45, 7) is 1.83. The molecule has 0 aromatic heterocycles. The minimum atomic E-state index is -4.49. The first-order valence-electron chi connectivity index (χ1n) is 6.65. The van der Waals surface area contributed by atoms with Crippen LogP contribution in [0.3, 0.4) is 0 Å². The minimum absolute atomic E-state index is 0.0341. The quantitative estimate of drug-likeness (QED) is 0.716. The third-order valence-electron chi connectivity index (χ3n) is 2.59. The molecule has 136 valence electrons. The van der Waals surface area contributed by atoms with Gasteiger partial charge in [-0.25, -0.2) is 13.1 Å². The van der Waals surface area contributed by atoms with Crippen molar-refractivity contribution in [3.63, 3.8) is 0 Å². The van der Waals surface area contributed by atoms with Crippen molar-refractivity contribution in [2.45, 2.75) is 23.4 Å². The number of halogens is 3. The van der Waals surface area contributed by atoms with Crippen molar-refractivity contribution < 1.29 is 31.1 Å². The molecule has 1 aromatic rings. The molecule has 0 bridgehead atoms. The van der Waals surface area contributed by atoms with Crippen molar-refractivity contribution in [3.05, 3.63) is 24.3 Å². The maximum Gasteiger partial charge on any atom is 0.442 e. The van der Waals surface area contributed by atoms with E-state index in [1.807, 2.05) is 0 Å². The van der Waals surface area contributed by atoms with Crippen LogP contribution in [0.1, 0.15) is 6.92 Å². The van der Waals surface area contributed by atoms with Crippen molar-refractivity contribution in [3.8, 4) is 0 Å². The molecule has 1 amide bonds. The summed E-state index contributed by atoms with van der Waals surface area (Å²) < 4.78 is 67.4. The van der Waals surface area contributed by atoms with Gasteiger partial charge in [0, 0.05) is 18.8 Å². The third kappa shape index (κ3) is 7.51. The van der Waals surface area contributed by atoms with E-state index in [-0.39, 0.29) is 17.2 Å². The molecule has 0 aliphatic rings. The summed E-state index contributed by atoms with van der Waals surface area (Å²) in [4.78, 5) is 11.3. The number of thioether (sulfide) groups is 1. The first kappa shape index (κ1) is 20.7. The molecule has 6 nitrogen and oxygen atoms in total. The Bertz CT molecular complexity index is 648. The fourth-order valence-corrected chi connectivity index (χ4v) is 3.27. The molecule has 0 radical (unpaired) electrons. The molecule has 1 aromatic carbocycles. The number of carbonyl (C=O) groups excluding carboxylic acids is 1.